The van der Waals surface area contributed by atoms with Crippen LogP contribution in [0.5, 0.6) is 0 Å². The SMILES string of the molecule is CC(=NO)C(CCC(=O)O)=NO. The van der Waals surface area contributed by atoms with E-state index in [2.05, 4.69) is 10.3 Å². The van der Waals surface area contributed by atoms with Gasteiger partial charge in [0.2, 0.25) is 0 Å². The van der Waals surface area contributed by atoms with E-state index in [-0.39, 0.29) is 24.3 Å². The zero-order valence-corrected chi connectivity index (χ0v) is 6.56. The lowest BCUT2D eigenvalue weighted by Crippen LogP contribution is -2.12. The number of carbonyl (C=O) groups is 1. The average molecular weight is 174 g/mol. The second-order valence-electron chi connectivity index (χ2n) is 2.13. The van der Waals surface area contributed by atoms with Gasteiger partial charge in [-0.25, -0.2) is 0 Å². The van der Waals surface area contributed by atoms with Crippen LogP contribution < -0.4 is 0 Å². The van der Waals surface area contributed by atoms with E-state index in [1.807, 2.05) is 0 Å². The third-order valence-electron chi connectivity index (χ3n) is 1.26. The minimum atomic E-state index is -0.998. The van der Waals surface area contributed by atoms with E-state index in [1.54, 1.807) is 0 Å². The molecule has 3 N–H and O–H groups in total. The predicted octanol–water partition coefficient (Wildman–Crippen LogP) is 0.531. The number of rotatable bonds is 4. The summed E-state index contributed by atoms with van der Waals surface area (Å²) in [5, 5.41) is 30.4. The topological polar surface area (TPSA) is 102 Å². The van der Waals surface area contributed by atoms with Gasteiger partial charge >= 0.3 is 5.97 Å². The van der Waals surface area contributed by atoms with Gasteiger partial charge in [0.05, 0.1) is 6.42 Å². The highest BCUT2D eigenvalue weighted by atomic mass is 16.4. The highest BCUT2D eigenvalue weighted by Crippen LogP contribution is 1.95. The van der Waals surface area contributed by atoms with E-state index in [9.17, 15) is 4.79 Å². The Morgan fingerprint density at radius 1 is 1.25 bits per heavy atom. The summed E-state index contributed by atoms with van der Waals surface area (Å²) in [5.41, 5.74) is 0.179. The number of oxime groups is 2. The van der Waals surface area contributed by atoms with Crippen molar-refractivity contribution >= 4 is 17.4 Å². The molecule has 68 valence electrons. The van der Waals surface area contributed by atoms with Crippen LogP contribution in [-0.2, 0) is 4.79 Å². The first-order valence-corrected chi connectivity index (χ1v) is 3.23. The molecule has 0 aromatic heterocycles. The molecule has 12 heavy (non-hydrogen) atoms. The number of carboxylic acid groups (broad SMARTS) is 1. The van der Waals surface area contributed by atoms with Crippen molar-refractivity contribution < 1.29 is 20.3 Å². The largest absolute Gasteiger partial charge is 0.481 e. The number of nitrogens with zero attached hydrogens (tertiary/aromatic N) is 2. The molecule has 0 spiro atoms. The van der Waals surface area contributed by atoms with Crippen molar-refractivity contribution in [2.24, 2.45) is 10.3 Å². The Kier molecular flexibility index (Phi) is 4.43. The summed E-state index contributed by atoms with van der Waals surface area (Å²) in [6, 6.07) is 0. The standard InChI is InChI=1S/C6H10N2O4/c1-4(7-11)5(8-12)2-3-6(9)10/h11-12H,2-3H2,1H3,(H,9,10). The highest BCUT2D eigenvalue weighted by molar-refractivity contribution is 6.41. The first-order chi connectivity index (χ1) is 5.61. The minimum Gasteiger partial charge on any atom is -0.481 e. The van der Waals surface area contributed by atoms with Crippen molar-refractivity contribution in [3.8, 4) is 0 Å². The van der Waals surface area contributed by atoms with Gasteiger partial charge < -0.3 is 15.5 Å². The normalized spacial score (nSPS) is 13.1. The Morgan fingerprint density at radius 2 is 1.83 bits per heavy atom. The molecule has 0 bridgehead atoms. The van der Waals surface area contributed by atoms with Crippen molar-refractivity contribution in [2.75, 3.05) is 0 Å². The molecular weight excluding hydrogens is 164 g/mol. The molecule has 0 rings (SSSR count). The van der Waals surface area contributed by atoms with Crippen LogP contribution in [0.25, 0.3) is 0 Å². The summed E-state index contributed by atoms with van der Waals surface area (Å²) in [7, 11) is 0. The summed E-state index contributed by atoms with van der Waals surface area (Å²) >= 11 is 0. The molecule has 0 unspecified atom stereocenters. The van der Waals surface area contributed by atoms with Gasteiger partial charge in [0.15, 0.2) is 0 Å². The van der Waals surface area contributed by atoms with Crippen LogP contribution in [0.2, 0.25) is 0 Å². The number of hydrogen-bond donors (Lipinski definition) is 3. The van der Waals surface area contributed by atoms with Crippen LogP contribution in [-0.4, -0.2) is 32.9 Å². The molecular formula is C6H10N2O4. The van der Waals surface area contributed by atoms with E-state index in [0.717, 1.165) is 0 Å². The maximum Gasteiger partial charge on any atom is 0.303 e. The third-order valence-corrected chi connectivity index (χ3v) is 1.26. The fourth-order valence-electron chi connectivity index (χ4n) is 0.586. The Hall–Kier alpha value is -1.59. The molecule has 0 aliphatic heterocycles. The molecule has 0 aromatic carbocycles. The highest BCUT2D eigenvalue weighted by Gasteiger charge is 2.07. The molecule has 0 aliphatic rings. The Labute approximate surface area is 68.8 Å². The molecule has 0 amide bonds. The van der Waals surface area contributed by atoms with Gasteiger partial charge in [-0.2, -0.15) is 0 Å². The van der Waals surface area contributed by atoms with Crippen LogP contribution in [0.4, 0.5) is 0 Å². The van der Waals surface area contributed by atoms with Crippen molar-refractivity contribution in [3.63, 3.8) is 0 Å². The number of aliphatic carboxylic acids is 1. The molecule has 0 aliphatic carbocycles. The van der Waals surface area contributed by atoms with E-state index in [1.165, 1.54) is 6.92 Å². The average Bonchev–Trinajstić information content (AvgIpc) is 2.04. The van der Waals surface area contributed by atoms with E-state index < -0.39 is 5.97 Å². The summed E-state index contributed by atoms with van der Waals surface area (Å²) in [4.78, 5) is 10.1. The van der Waals surface area contributed by atoms with Crippen LogP contribution in [0.15, 0.2) is 10.3 Å². The van der Waals surface area contributed by atoms with Gasteiger partial charge in [-0.3, -0.25) is 4.79 Å². The Balaban J connectivity index is 4.12. The van der Waals surface area contributed by atoms with Gasteiger partial charge in [0.25, 0.3) is 0 Å². The summed E-state index contributed by atoms with van der Waals surface area (Å²) < 4.78 is 0. The van der Waals surface area contributed by atoms with E-state index >= 15 is 0 Å². The predicted molar refractivity (Wildman–Crippen MR) is 41.0 cm³/mol. The lowest BCUT2D eigenvalue weighted by molar-refractivity contribution is -0.136. The molecule has 0 saturated carbocycles. The molecule has 6 heteroatoms. The van der Waals surface area contributed by atoms with Crippen molar-refractivity contribution in [3.05, 3.63) is 0 Å². The smallest absolute Gasteiger partial charge is 0.303 e. The second kappa shape index (κ2) is 5.11. The van der Waals surface area contributed by atoms with Crippen LogP contribution in [0, 0.1) is 0 Å². The zero-order valence-electron chi connectivity index (χ0n) is 6.56. The van der Waals surface area contributed by atoms with Crippen LogP contribution in [0.1, 0.15) is 19.8 Å². The molecule has 6 nitrogen and oxygen atoms in total. The second-order valence-corrected chi connectivity index (χ2v) is 2.13. The molecule has 0 atom stereocenters. The molecule has 0 saturated heterocycles. The number of hydrogen-bond acceptors (Lipinski definition) is 5. The quantitative estimate of drug-likeness (QED) is 0.328. The van der Waals surface area contributed by atoms with Crippen molar-refractivity contribution in [2.45, 2.75) is 19.8 Å². The summed E-state index contributed by atoms with van der Waals surface area (Å²) in [6.45, 7) is 1.41. The minimum absolute atomic E-state index is 0.0434. The van der Waals surface area contributed by atoms with Crippen LogP contribution >= 0.6 is 0 Å². The van der Waals surface area contributed by atoms with E-state index in [0.29, 0.717) is 0 Å². The van der Waals surface area contributed by atoms with Gasteiger partial charge in [-0.15, -0.1) is 0 Å². The van der Waals surface area contributed by atoms with Crippen LogP contribution in [0.3, 0.4) is 0 Å². The zero-order chi connectivity index (χ0) is 9.56. The fourth-order valence-corrected chi connectivity index (χ4v) is 0.586. The van der Waals surface area contributed by atoms with Crippen molar-refractivity contribution in [1.82, 2.24) is 0 Å². The lowest BCUT2D eigenvalue weighted by atomic mass is 10.1. The van der Waals surface area contributed by atoms with Crippen molar-refractivity contribution in [1.29, 1.82) is 0 Å². The summed E-state index contributed by atoms with van der Waals surface area (Å²) in [6.07, 6.45) is -0.117. The first-order valence-electron chi connectivity index (χ1n) is 3.23. The monoisotopic (exact) mass is 174 g/mol. The molecule has 0 aromatic rings. The maximum absolute atomic E-state index is 10.1. The summed E-state index contributed by atoms with van der Waals surface area (Å²) in [5.74, 6) is -0.998. The Bertz CT molecular complexity index is 222. The fraction of sp³-hybridized carbons (Fsp3) is 0.500. The molecule has 0 radical (unpaired) electrons. The Morgan fingerprint density at radius 3 is 2.17 bits per heavy atom. The first kappa shape index (κ1) is 10.4. The van der Waals surface area contributed by atoms with Gasteiger partial charge in [0.1, 0.15) is 11.4 Å². The maximum atomic E-state index is 10.1. The molecule has 0 fully saturated rings. The number of carboxylic acids is 1. The van der Waals surface area contributed by atoms with Gasteiger partial charge in [0, 0.05) is 6.42 Å². The third kappa shape index (κ3) is 3.55. The molecule has 0 heterocycles. The van der Waals surface area contributed by atoms with Gasteiger partial charge in [-0.05, 0) is 6.92 Å². The lowest BCUT2D eigenvalue weighted by Gasteiger charge is -1.98. The van der Waals surface area contributed by atoms with E-state index in [4.69, 9.17) is 15.5 Å². The van der Waals surface area contributed by atoms with Gasteiger partial charge in [-0.1, -0.05) is 10.3 Å².